The Morgan fingerprint density at radius 3 is 2.63 bits per heavy atom. The predicted molar refractivity (Wildman–Crippen MR) is 116 cm³/mol. The summed E-state index contributed by atoms with van der Waals surface area (Å²) in [6.07, 6.45) is 4.99. The highest BCUT2D eigenvalue weighted by Crippen LogP contribution is 2.39. The summed E-state index contributed by atoms with van der Waals surface area (Å²) in [5.41, 5.74) is 3.34. The number of hydrogen-bond donors (Lipinski definition) is 1. The predicted octanol–water partition coefficient (Wildman–Crippen LogP) is 5.02. The molecule has 0 amide bonds. The molecule has 1 aliphatic heterocycles. The maximum atomic E-state index is 5.68. The van der Waals surface area contributed by atoms with Gasteiger partial charge in [0.05, 0.1) is 17.8 Å². The molecule has 1 saturated heterocycles. The third-order valence-electron chi connectivity index (χ3n) is 4.85. The summed E-state index contributed by atoms with van der Waals surface area (Å²) in [5, 5.41) is 4.30. The monoisotopic (exact) mass is 440 g/mol. The van der Waals surface area contributed by atoms with Crippen molar-refractivity contribution in [1.29, 1.82) is 0 Å². The van der Waals surface area contributed by atoms with Crippen molar-refractivity contribution in [3.8, 4) is 5.69 Å². The van der Waals surface area contributed by atoms with Crippen LogP contribution in [-0.2, 0) is 0 Å². The molecular formula is C21H21BrN4S. The first-order valence-electron chi connectivity index (χ1n) is 9.10. The van der Waals surface area contributed by atoms with Crippen molar-refractivity contribution in [2.75, 3.05) is 6.54 Å². The molecule has 138 valence electrons. The van der Waals surface area contributed by atoms with Crippen molar-refractivity contribution in [1.82, 2.24) is 19.8 Å². The van der Waals surface area contributed by atoms with Crippen LogP contribution in [-0.4, -0.2) is 26.1 Å². The Morgan fingerprint density at radius 1 is 1.11 bits per heavy atom. The van der Waals surface area contributed by atoms with Crippen LogP contribution in [0.4, 0.5) is 0 Å². The van der Waals surface area contributed by atoms with Gasteiger partial charge in [-0.2, -0.15) is 0 Å². The Balaban J connectivity index is 1.80. The average Bonchev–Trinajstić information content (AvgIpc) is 3.28. The number of halogens is 1. The fourth-order valence-corrected chi connectivity index (χ4v) is 4.28. The molecule has 3 aromatic rings. The van der Waals surface area contributed by atoms with Crippen LogP contribution in [0, 0.1) is 0 Å². The smallest absolute Gasteiger partial charge is 0.170 e. The lowest BCUT2D eigenvalue weighted by Crippen LogP contribution is -2.31. The van der Waals surface area contributed by atoms with E-state index >= 15 is 0 Å². The molecule has 0 bridgehead atoms. The minimum absolute atomic E-state index is 0.0225. The molecule has 1 N–H and O–H groups in total. The fourth-order valence-electron chi connectivity index (χ4n) is 3.68. The number of nitrogens with zero attached hydrogens (tertiary/aromatic N) is 3. The lowest BCUT2D eigenvalue weighted by molar-refractivity contribution is 0.309. The standard InChI is InChI=1S/C21H21BrN4S/c1-2-13-26-20(19(24-21(26)27)17-6-3-4-12-23-17)18-7-5-14-25(18)16-10-8-15(22)9-11-16/h3-12,14,19-20H,2,13H2,1H3,(H,24,27). The van der Waals surface area contributed by atoms with Crippen molar-refractivity contribution < 1.29 is 0 Å². The number of thiocarbonyl (C=S) groups is 1. The fraction of sp³-hybridized carbons (Fsp3) is 0.238. The summed E-state index contributed by atoms with van der Waals surface area (Å²) in [7, 11) is 0. The lowest BCUT2D eigenvalue weighted by atomic mass is 10.0. The van der Waals surface area contributed by atoms with Crippen LogP contribution in [0.25, 0.3) is 5.69 Å². The first-order chi connectivity index (χ1) is 13.2. The zero-order valence-corrected chi connectivity index (χ0v) is 17.5. The summed E-state index contributed by atoms with van der Waals surface area (Å²) < 4.78 is 3.31. The van der Waals surface area contributed by atoms with Crippen molar-refractivity contribution in [3.05, 3.63) is 82.9 Å². The summed E-state index contributed by atoms with van der Waals surface area (Å²) in [5.74, 6) is 0. The van der Waals surface area contributed by atoms with Gasteiger partial charge in [0.25, 0.3) is 0 Å². The average molecular weight is 441 g/mol. The Kier molecular flexibility index (Phi) is 5.27. The third-order valence-corrected chi connectivity index (χ3v) is 5.73. The number of hydrogen-bond acceptors (Lipinski definition) is 2. The second-order valence-corrected chi connectivity index (χ2v) is 7.90. The van der Waals surface area contributed by atoms with Crippen LogP contribution in [0.5, 0.6) is 0 Å². The molecule has 3 heterocycles. The molecule has 0 saturated carbocycles. The number of benzene rings is 1. The first kappa shape index (κ1) is 18.2. The Labute approximate surface area is 173 Å². The number of nitrogens with one attached hydrogen (secondary N) is 1. The maximum Gasteiger partial charge on any atom is 0.170 e. The van der Waals surface area contributed by atoms with E-state index in [4.69, 9.17) is 12.2 Å². The quantitative estimate of drug-likeness (QED) is 0.564. The molecule has 0 radical (unpaired) electrons. The van der Waals surface area contributed by atoms with Crippen LogP contribution in [0.2, 0.25) is 0 Å². The second-order valence-electron chi connectivity index (χ2n) is 6.60. The van der Waals surface area contributed by atoms with E-state index in [1.165, 1.54) is 5.69 Å². The van der Waals surface area contributed by atoms with Crippen LogP contribution < -0.4 is 5.32 Å². The van der Waals surface area contributed by atoms with Gasteiger partial charge in [-0.15, -0.1) is 0 Å². The van der Waals surface area contributed by atoms with Crippen molar-refractivity contribution in [2.45, 2.75) is 25.4 Å². The van der Waals surface area contributed by atoms with E-state index in [-0.39, 0.29) is 12.1 Å². The molecule has 2 unspecified atom stereocenters. The van der Waals surface area contributed by atoms with E-state index in [0.29, 0.717) is 0 Å². The highest BCUT2D eigenvalue weighted by Gasteiger charge is 2.40. The highest BCUT2D eigenvalue weighted by molar-refractivity contribution is 9.10. The van der Waals surface area contributed by atoms with Crippen LogP contribution >= 0.6 is 28.1 Å². The molecule has 1 aromatic carbocycles. The van der Waals surface area contributed by atoms with E-state index in [1.807, 2.05) is 18.3 Å². The zero-order chi connectivity index (χ0) is 18.8. The van der Waals surface area contributed by atoms with E-state index < -0.39 is 0 Å². The topological polar surface area (TPSA) is 33.1 Å². The molecule has 2 aromatic heterocycles. The molecular weight excluding hydrogens is 420 g/mol. The molecule has 1 aliphatic rings. The van der Waals surface area contributed by atoms with Gasteiger partial charge in [-0.1, -0.05) is 28.9 Å². The van der Waals surface area contributed by atoms with Crippen molar-refractivity contribution >= 4 is 33.3 Å². The van der Waals surface area contributed by atoms with Gasteiger partial charge in [-0.25, -0.2) is 0 Å². The van der Waals surface area contributed by atoms with Gasteiger partial charge < -0.3 is 14.8 Å². The van der Waals surface area contributed by atoms with Crippen molar-refractivity contribution in [3.63, 3.8) is 0 Å². The molecule has 2 atom stereocenters. The van der Waals surface area contributed by atoms with Gasteiger partial charge >= 0.3 is 0 Å². The van der Waals surface area contributed by atoms with Gasteiger partial charge in [-0.3, -0.25) is 4.98 Å². The van der Waals surface area contributed by atoms with Gasteiger partial charge in [-0.05, 0) is 67.2 Å². The summed E-state index contributed by atoms with van der Waals surface area (Å²) >= 11 is 9.20. The van der Waals surface area contributed by atoms with Gasteiger partial charge in [0.1, 0.15) is 0 Å². The largest absolute Gasteiger partial charge is 0.352 e. The molecule has 0 spiro atoms. The normalized spacial score (nSPS) is 19.3. The van der Waals surface area contributed by atoms with E-state index in [0.717, 1.165) is 33.9 Å². The summed E-state index contributed by atoms with van der Waals surface area (Å²) in [4.78, 5) is 6.89. The second kappa shape index (κ2) is 7.82. The lowest BCUT2D eigenvalue weighted by Gasteiger charge is -2.28. The summed E-state index contributed by atoms with van der Waals surface area (Å²) in [6.45, 7) is 3.09. The highest BCUT2D eigenvalue weighted by atomic mass is 79.9. The SMILES string of the molecule is CCCN1C(=S)NC(c2ccccn2)C1c1cccn1-c1ccc(Br)cc1. The molecule has 1 fully saturated rings. The minimum atomic E-state index is 0.0225. The zero-order valence-electron chi connectivity index (χ0n) is 15.0. The molecule has 4 nitrogen and oxygen atoms in total. The van der Waals surface area contributed by atoms with Gasteiger partial charge in [0, 0.05) is 34.8 Å². The summed E-state index contributed by atoms with van der Waals surface area (Å²) in [6, 6.07) is 18.8. The van der Waals surface area contributed by atoms with Crippen molar-refractivity contribution in [2.24, 2.45) is 0 Å². The van der Waals surface area contributed by atoms with E-state index in [9.17, 15) is 0 Å². The number of pyridine rings is 1. The Morgan fingerprint density at radius 2 is 1.93 bits per heavy atom. The van der Waals surface area contributed by atoms with Gasteiger partial charge in [0.2, 0.25) is 0 Å². The number of aromatic nitrogens is 2. The van der Waals surface area contributed by atoms with Crippen LogP contribution in [0.15, 0.2) is 71.5 Å². The van der Waals surface area contributed by atoms with E-state index in [1.54, 1.807) is 0 Å². The molecule has 4 rings (SSSR count). The number of rotatable bonds is 5. The third kappa shape index (κ3) is 3.51. The van der Waals surface area contributed by atoms with E-state index in [2.05, 4.69) is 91.3 Å². The van der Waals surface area contributed by atoms with Gasteiger partial charge in [0.15, 0.2) is 5.11 Å². The minimum Gasteiger partial charge on any atom is -0.352 e. The van der Waals surface area contributed by atoms with Crippen LogP contribution in [0.3, 0.4) is 0 Å². The molecule has 6 heteroatoms. The molecule has 0 aliphatic carbocycles. The Hall–Kier alpha value is -2.18. The first-order valence-corrected chi connectivity index (χ1v) is 10.3. The molecule has 27 heavy (non-hydrogen) atoms. The maximum absolute atomic E-state index is 5.68. The van der Waals surface area contributed by atoms with Crippen LogP contribution in [0.1, 0.15) is 36.8 Å². The Bertz CT molecular complexity index is 923.